The van der Waals surface area contributed by atoms with Gasteiger partial charge in [-0.25, -0.2) is 0 Å². The van der Waals surface area contributed by atoms with E-state index in [2.05, 4.69) is 6.92 Å². The predicted molar refractivity (Wildman–Crippen MR) is 85.5 cm³/mol. The molecule has 0 rings (SSSR count). The molecule has 0 bridgehead atoms. The molecule has 0 saturated heterocycles. The van der Waals surface area contributed by atoms with E-state index in [0.29, 0.717) is 6.42 Å². The van der Waals surface area contributed by atoms with Crippen molar-refractivity contribution in [2.24, 2.45) is 5.73 Å². The maximum absolute atomic E-state index is 10.5. The van der Waals surface area contributed by atoms with Gasteiger partial charge in [-0.3, -0.25) is 4.79 Å². The molecule has 3 nitrogen and oxygen atoms in total. The van der Waals surface area contributed by atoms with E-state index in [4.69, 9.17) is 5.73 Å². The Morgan fingerprint density at radius 3 is 1.80 bits per heavy atom. The summed E-state index contributed by atoms with van der Waals surface area (Å²) in [4.78, 5) is 10.5. The molecule has 0 radical (unpaired) electrons. The molecule has 0 aromatic rings. The van der Waals surface area contributed by atoms with Crippen molar-refractivity contribution in [2.45, 2.75) is 103 Å². The number of carbonyl (C=O) groups is 1. The van der Waals surface area contributed by atoms with Gasteiger partial charge in [0.25, 0.3) is 0 Å². The molecule has 1 amide bonds. The number of carbonyl (C=O) groups excluding carboxylic acids is 1. The Kier molecular flexibility index (Phi) is 14.4. The molecule has 0 fully saturated rings. The Morgan fingerprint density at radius 1 is 0.850 bits per heavy atom. The molecule has 0 aromatic heterocycles. The van der Waals surface area contributed by atoms with E-state index in [0.717, 1.165) is 32.1 Å². The summed E-state index contributed by atoms with van der Waals surface area (Å²) in [5, 5.41) is 9.71. The Labute approximate surface area is 125 Å². The third-order valence-corrected chi connectivity index (χ3v) is 3.85. The standard InChI is InChI=1S/C17H35NO2/c1-2-3-13-16(19)14-11-9-7-5-4-6-8-10-12-15-17(18)20/h16,19H,2-15H2,1H3,(H2,18,20). The van der Waals surface area contributed by atoms with Crippen molar-refractivity contribution in [3.05, 3.63) is 0 Å². The highest BCUT2D eigenvalue weighted by molar-refractivity contribution is 5.73. The largest absolute Gasteiger partial charge is 0.393 e. The quantitative estimate of drug-likeness (QED) is 0.440. The lowest BCUT2D eigenvalue weighted by molar-refractivity contribution is -0.118. The lowest BCUT2D eigenvalue weighted by Crippen LogP contribution is -2.09. The molecule has 20 heavy (non-hydrogen) atoms. The second kappa shape index (κ2) is 14.8. The number of rotatable bonds is 15. The molecule has 3 heteroatoms. The van der Waals surface area contributed by atoms with Crippen LogP contribution in [0.1, 0.15) is 96.8 Å². The zero-order valence-corrected chi connectivity index (χ0v) is 13.4. The molecule has 0 saturated carbocycles. The van der Waals surface area contributed by atoms with E-state index < -0.39 is 0 Å². The highest BCUT2D eigenvalue weighted by Gasteiger charge is 2.02. The minimum atomic E-state index is -0.175. The van der Waals surface area contributed by atoms with Gasteiger partial charge in [-0.2, -0.15) is 0 Å². The molecular formula is C17H35NO2. The molecule has 0 aliphatic carbocycles. The summed E-state index contributed by atoms with van der Waals surface area (Å²) in [6.07, 6.45) is 15.7. The monoisotopic (exact) mass is 285 g/mol. The number of unbranched alkanes of at least 4 members (excludes halogenated alkanes) is 9. The van der Waals surface area contributed by atoms with Gasteiger partial charge in [0.1, 0.15) is 0 Å². The summed E-state index contributed by atoms with van der Waals surface area (Å²) < 4.78 is 0. The number of amides is 1. The van der Waals surface area contributed by atoms with Gasteiger partial charge in [0.05, 0.1) is 6.10 Å². The van der Waals surface area contributed by atoms with Gasteiger partial charge in [-0.1, -0.05) is 71.1 Å². The maximum Gasteiger partial charge on any atom is 0.217 e. The third-order valence-electron chi connectivity index (χ3n) is 3.85. The van der Waals surface area contributed by atoms with E-state index in [-0.39, 0.29) is 12.0 Å². The first-order valence-electron chi connectivity index (χ1n) is 8.63. The average Bonchev–Trinajstić information content (AvgIpc) is 2.42. The van der Waals surface area contributed by atoms with Crippen LogP contribution >= 0.6 is 0 Å². The van der Waals surface area contributed by atoms with Crippen LogP contribution in [0.4, 0.5) is 0 Å². The first-order valence-corrected chi connectivity index (χ1v) is 8.63. The summed E-state index contributed by atoms with van der Waals surface area (Å²) in [6, 6.07) is 0. The Morgan fingerprint density at radius 2 is 1.30 bits per heavy atom. The minimum absolute atomic E-state index is 0.0693. The van der Waals surface area contributed by atoms with Gasteiger partial charge in [-0.05, 0) is 19.3 Å². The molecule has 0 heterocycles. The van der Waals surface area contributed by atoms with E-state index >= 15 is 0 Å². The van der Waals surface area contributed by atoms with Crippen LogP contribution in [-0.4, -0.2) is 17.1 Å². The highest BCUT2D eigenvalue weighted by atomic mass is 16.3. The molecule has 1 atom stereocenters. The Hall–Kier alpha value is -0.570. The van der Waals surface area contributed by atoms with Gasteiger partial charge in [-0.15, -0.1) is 0 Å². The number of primary amides is 1. The van der Waals surface area contributed by atoms with Gasteiger partial charge in [0.2, 0.25) is 5.91 Å². The van der Waals surface area contributed by atoms with Crippen LogP contribution in [0.3, 0.4) is 0 Å². The Bertz CT molecular complexity index is 219. The van der Waals surface area contributed by atoms with Crippen molar-refractivity contribution in [3.8, 4) is 0 Å². The number of aliphatic hydroxyl groups is 1. The van der Waals surface area contributed by atoms with Crippen LogP contribution in [-0.2, 0) is 4.79 Å². The van der Waals surface area contributed by atoms with Crippen molar-refractivity contribution in [2.75, 3.05) is 0 Å². The van der Waals surface area contributed by atoms with Gasteiger partial charge < -0.3 is 10.8 Å². The SMILES string of the molecule is CCCCC(O)CCCCCCCCCCCC(N)=O. The molecule has 0 aromatic carbocycles. The van der Waals surface area contributed by atoms with Crippen LogP contribution in [0.5, 0.6) is 0 Å². The van der Waals surface area contributed by atoms with Gasteiger partial charge >= 0.3 is 0 Å². The highest BCUT2D eigenvalue weighted by Crippen LogP contribution is 2.13. The summed E-state index contributed by atoms with van der Waals surface area (Å²) in [6.45, 7) is 2.17. The molecule has 120 valence electrons. The second-order valence-electron chi connectivity index (χ2n) is 5.98. The van der Waals surface area contributed by atoms with E-state index in [9.17, 15) is 9.90 Å². The summed E-state index contributed by atoms with van der Waals surface area (Å²) in [5.41, 5.74) is 5.09. The van der Waals surface area contributed by atoms with Crippen LogP contribution in [0.15, 0.2) is 0 Å². The number of aliphatic hydroxyl groups excluding tert-OH is 1. The van der Waals surface area contributed by atoms with Crippen LogP contribution in [0.2, 0.25) is 0 Å². The molecule has 0 aliphatic heterocycles. The van der Waals surface area contributed by atoms with Crippen molar-refractivity contribution < 1.29 is 9.90 Å². The minimum Gasteiger partial charge on any atom is -0.393 e. The normalized spacial score (nSPS) is 12.5. The second-order valence-corrected chi connectivity index (χ2v) is 5.98. The average molecular weight is 285 g/mol. The molecule has 0 spiro atoms. The van der Waals surface area contributed by atoms with Crippen molar-refractivity contribution in [3.63, 3.8) is 0 Å². The van der Waals surface area contributed by atoms with E-state index in [1.54, 1.807) is 0 Å². The first-order chi connectivity index (χ1) is 9.66. The van der Waals surface area contributed by atoms with E-state index in [1.807, 2.05) is 0 Å². The maximum atomic E-state index is 10.5. The van der Waals surface area contributed by atoms with Gasteiger partial charge in [0, 0.05) is 6.42 Å². The van der Waals surface area contributed by atoms with Crippen molar-refractivity contribution in [1.29, 1.82) is 0 Å². The van der Waals surface area contributed by atoms with Crippen LogP contribution in [0, 0.1) is 0 Å². The molecule has 3 N–H and O–H groups in total. The lowest BCUT2D eigenvalue weighted by atomic mass is 10.0. The predicted octanol–water partition coefficient (Wildman–Crippen LogP) is 4.31. The zero-order chi connectivity index (χ0) is 15.1. The van der Waals surface area contributed by atoms with Crippen LogP contribution in [0.25, 0.3) is 0 Å². The Balaban J connectivity index is 3.07. The van der Waals surface area contributed by atoms with Crippen LogP contribution < -0.4 is 5.73 Å². The number of nitrogens with two attached hydrogens (primary N) is 1. The lowest BCUT2D eigenvalue weighted by Gasteiger charge is -2.09. The summed E-state index contributed by atoms with van der Waals surface area (Å²) in [5.74, 6) is -0.175. The fourth-order valence-electron chi connectivity index (χ4n) is 2.50. The fourth-order valence-corrected chi connectivity index (χ4v) is 2.50. The third kappa shape index (κ3) is 15.5. The zero-order valence-electron chi connectivity index (χ0n) is 13.4. The smallest absolute Gasteiger partial charge is 0.217 e. The molecule has 0 aliphatic rings. The van der Waals surface area contributed by atoms with Crippen molar-refractivity contribution >= 4 is 5.91 Å². The first kappa shape index (κ1) is 19.4. The van der Waals surface area contributed by atoms with Gasteiger partial charge in [0.15, 0.2) is 0 Å². The molecular weight excluding hydrogens is 250 g/mol. The van der Waals surface area contributed by atoms with Crippen molar-refractivity contribution in [1.82, 2.24) is 0 Å². The topological polar surface area (TPSA) is 63.3 Å². The van der Waals surface area contributed by atoms with E-state index in [1.165, 1.54) is 51.4 Å². The molecule has 1 unspecified atom stereocenters. The summed E-state index contributed by atoms with van der Waals surface area (Å²) in [7, 11) is 0. The fraction of sp³-hybridized carbons (Fsp3) is 0.941. The number of hydrogen-bond acceptors (Lipinski definition) is 2. The number of hydrogen-bond donors (Lipinski definition) is 2. The summed E-state index contributed by atoms with van der Waals surface area (Å²) >= 11 is 0.